The topological polar surface area (TPSA) is 65.5 Å². The van der Waals surface area contributed by atoms with E-state index in [1.165, 1.54) is 19.3 Å². The van der Waals surface area contributed by atoms with Crippen molar-refractivity contribution >= 4 is 28.2 Å². The van der Waals surface area contributed by atoms with Gasteiger partial charge in [0.25, 0.3) is 5.91 Å². The minimum atomic E-state index is -1.33. The Morgan fingerprint density at radius 2 is 2.20 bits per heavy atom. The zero-order valence-corrected chi connectivity index (χ0v) is 13.0. The van der Waals surface area contributed by atoms with Crippen LogP contribution < -0.4 is 10.2 Å². The zero-order valence-electron chi connectivity index (χ0n) is 12.2. The Balaban J connectivity index is 1.97. The summed E-state index contributed by atoms with van der Waals surface area (Å²) in [6, 6.07) is 0. The molecule has 112 valence electrons. The molecule has 1 aliphatic heterocycles. The van der Waals surface area contributed by atoms with Gasteiger partial charge in [0.15, 0.2) is 5.13 Å². The van der Waals surface area contributed by atoms with E-state index in [1.807, 2.05) is 12.3 Å². The number of amides is 1. The smallest absolute Gasteiger partial charge is 0.257 e. The normalized spacial score (nSPS) is 18.6. The Hall–Kier alpha value is -1.14. The quantitative estimate of drug-likeness (QED) is 0.877. The lowest BCUT2D eigenvalue weighted by Gasteiger charge is -2.25. The second-order valence-electron chi connectivity index (χ2n) is 5.54. The molecule has 2 heterocycles. The lowest BCUT2D eigenvalue weighted by atomic mass is 10.00. The van der Waals surface area contributed by atoms with Crippen LogP contribution in [0.3, 0.4) is 0 Å². The number of nitrogens with one attached hydrogen (secondary N) is 1. The van der Waals surface area contributed by atoms with Crippen LogP contribution >= 0.6 is 11.3 Å². The van der Waals surface area contributed by atoms with Crippen molar-refractivity contribution in [1.82, 2.24) is 4.98 Å². The molecular weight excluding hydrogens is 274 g/mol. The minimum absolute atomic E-state index is 0.380. The lowest BCUT2D eigenvalue weighted by Crippen LogP contribution is -2.39. The molecule has 1 atom stereocenters. The summed E-state index contributed by atoms with van der Waals surface area (Å²) in [5.41, 5.74) is -1.33. The van der Waals surface area contributed by atoms with Gasteiger partial charge in [-0.25, -0.2) is 4.98 Å². The number of rotatable bonds is 5. The molecule has 1 saturated heterocycles. The van der Waals surface area contributed by atoms with Crippen molar-refractivity contribution in [2.24, 2.45) is 0 Å². The first kappa shape index (κ1) is 15.3. The highest BCUT2D eigenvalue weighted by molar-refractivity contribution is 7.14. The molecule has 1 aromatic rings. The molecule has 0 saturated carbocycles. The number of hydrogen-bond donors (Lipinski definition) is 2. The predicted molar refractivity (Wildman–Crippen MR) is 82.3 cm³/mol. The van der Waals surface area contributed by atoms with Gasteiger partial charge in [0.2, 0.25) is 0 Å². The molecule has 0 spiro atoms. The van der Waals surface area contributed by atoms with Gasteiger partial charge in [0.1, 0.15) is 11.4 Å². The van der Waals surface area contributed by atoms with Crippen molar-refractivity contribution in [1.29, 1.82) is 0 Å². The summed E-state index contributed by atoms with van der Waals surface area (Å²) in [5.74, 6) is 0.159. The Morgan fingerprint density at radius 3 is 2.85 bits per heavy atom. The number of carbonyl (C=O) groups excluding carboxylic acids is 1. The molecule has 1 aromatic heterocycles. The van der Waals surface area contributed by atoms with Gasteiger partial charge in [-0.1, -0.05) is 13.3 Å². The van der Waals surface area contributed by atoms with E-state index in [4.69, 9.17) is 0 Å². The molecule has 2 rings (SSSR count). The number of anilines is 2. The van der Waals surface area contributed by atoms with E-state index >= 15 is 0 Å². The van der Waals surface area contributed by atoms with Crippen LogP contribution in [0.15, 0.2) is 5.38 Å². The van der Waals surface area contributed by atoms with Crippen molar-refractivity contribution in [3.8, 4) is 0 Å². The van der Waals surface area contributed by atoms with Crippen LogP contribution in [0.4, 0.5) is 10.9 Å². The van der Waals surface area contributed by atoms with E-state index < -0.39 is 5.60 Å². The second-order valence-corrected chi connectivity index (χ2v) is 6.38. The zero-order chi connectivity index (χ0) is 14.6. The van der Waals surface area contributed by atoms with Gasteiger partial charge in [-0.3, -0.25) is 4.79 Å². The van der Waals surface area contributed by atoms with Crippen LogP contribution in [-0.2, 0) is 4.79 Å². The average Bonchev–Trinajstić information content (AvgIpc) is 2.88. The van der Waals surface area contributed by atoms with Gasteiger partial charge in [0, 0.05) is 18.5 Å². The summed E-state index contributed by atoms with van der Waals surface area (Å²) in [6.45, 7) is 5.56. The summed E-state index contributed by atoms with van der Waals surface area (Å²) in [5, 5.41) is 15.6. The molecule has 1 fully saturated rings. The summed E-state index contributed by atoms with van der Waals surface area (Å²) < 4.78 is 0. The molecule has 1 aliphatic rings. The van der Waals surface area contributed by atoms with Crippen molar-refractivity contribution < 1.29 is 9.90 Å². The van der Waals surface area contributed by atoms with Gasteiger partial charge in [0.05, 0.1) is 0 Å². The maximum atomic E-state index is 12.0. The fourth-order valence-corrected chi connectivity index (χ4v) is 3.21. The predicted octanol–water partition coefficient (Wildman–Crippen LogP) is 2.62. The highest BCUT2D eigenvalue weighted by atomic mass is 32.1. The number of aromatic nitrogens is 1. The van der Waals surface area contributed by atoms with E-state index in [0.717, 1.165) is 24.6 Å². The van der Waals surface area contributed by atoms with E-state index in [2.05, 4.69) is 15.2 Å². The van der Waals surface area contributed by atoms with Crippen molar-refractivity contribution in [3.05, 3.63) is 5.38 Å². The number of carbonyl (C=O) groups is 1. The van der Waals surface area contributed by atoms with E-state index in [-0.39, 0.29) is 5.91 Å². The van der Waals surface area contributed by atoms with Crippen LogP contribution in [0.25, 0.3) is 0 Å². The number of hydrogen-bond acceptors (Lipinski definition) is 5. The maximum absolute atomic E-state index is 12.0. The summed E-state index contributed by atoms with van der Waals surface area (Å²) >= 11 is 1.54. The highest BCUT2D eigenvalue weighted by Gasteiger charge is 2.29. The first-order valence-electron chi connectivity index (χ1n) is 7.27. The molecule has 0 bridgehead atoms. The van der Waals surface area contributed by atoms with E-state index in [1.54, 1.807) is 18.3 Å². The standard InChI is InChI=1S/C14H23N3O2S/c1-3-7-14(2,19)12(18)15-11-10-20-13(16-11)17-8-5-4-6-9-17/h10,19H,3-9H2,1-2H3,(H,15,18). The van der Waals surface area contributed by atoms with Gasteiger partial charge in [-0.2, -0.15) is 0 Å². The Morgan fingerprint density at radius 1 is 1.50 bits per heavy atom. The molecule has 6 heteroatoms. The molecule has 20 heavy (non-hydrogen) atoms. The lowest BCUT2D eigenvalue weighted by molar-refractivity contribution is -0.133. The Kier molecular flexibility index (Phi) is 4.99. The monoisotopic (exact) mass is 297 g/mol. The Labute approximate surface area is 124 Å². The first-order valence-corrected chi connectivity index (χ1v) is 8.15. The van der Waals surface area contributed by atoms with Crippen LogP contribution in [0.2, 0.25) is 0 Å². The van der Waals surface area contributed by atoms with Crippen LogP contribution in [0, 0.1) is 0 Å². The van der Waals surface area contributed by atoms with Crippen LogP contribution in [-0.4, -0.2) is 34.7 Å². The fraction of sp³-hybridized carbons (Fsp3) is 0.714. The maximum Gasteiger partial charge on any atom is 0.257 e. The molecule has 0 radical (unpaired) electrons. The molecule has 1 amide bonds. The van der Waals surface area contributed by atoms with Crippen molar-refractivity contribution in [2.45, 2.75) is 51.6 Å². The number of aliphatic hydroxyl groups is 1. The van der Waals surface area contributed by atoms with E-state index in [0.29, 0.717) is 12.2 Å². The fourth-order valence-electron chi connectivity index (χ4n) is 2.40. The van der Waals surface area contributed by atoms with Gasteiger partial charge in [-0.05, 0) is 32.6 Å². The van der Waals surface area contributed by atoms with Gasteiger partial charge < -0.3 is 15.3 Å². The van der Waals surface area contributed by atoms with E-state index in [9.17, 15) is 9.90 Å². The third-order valence-electron chi connectivity index (χ3n) is 3.59. The van der Waals surface area contributed by atoms with Crippen molar-refractivity contribution in [2.75, 3.05) is 23.3 Å². The summed E-state index contributed by atoms with van der Waals surface area (Å²) in [7, 11) is 0. The highest BCUT2D eigenvalue weighted by Crippen LogP contribution is 2.26. The van der Waals surface area contributed by atoms with Crippen LogP contribution in [0.5, 0.6) is 0 Å². The Bertz CT molecular complexity index is 453. The summed E-state index contributed by atoms with van der Waals surface area (Å²) in [6.07, 6.45) is 4.89. The van der Waals surface area contributed by atoms with Gasteiger partial charge >= 0.3 is 0 Å². The molecular formula is C14H23N3O2S. The minimum Gasteiger partial charge on any atom is -0.380 e. The van der Waals surface area contributed by atoms with Crippen LogP contribution in [0.1, 0.15) is 46.0 Å². The van der Waals surface area contributed by atoms with Crippen molar-refractivity contribution in [3.63, 3.8) is 0 Å². The third kappa shape index (κ3) is 3.70. The SMILES string of the molecule is CCCC(C)(O)C(=O)Nc1csc(N2CCCCC2)n1. The molecule has 1 unspecified atom stereocenters. The number of nitrogens with zero attached hydrogens (tertiary/aromatic N) is 2. The molecule has 2 N–H and O–H groups in total. The third-order valence-corrected chi connectivity index (χ3v) is 4.49. The van der Waals surface area contributed by atoms with Gasteiger partial charge in [-0.15, -0.1) is 11.3 Å². The largest absolute Gasteiger partial charge is 0.380 e. The summed E-state index contributed by atoms with van der Waals surface area (Å²) in [4.78, 5) is 18.7. The average molecular weight is 297 g/mol. The molecule has 0 aromatic carbocycles. The first-order chi connectivity index (χ1) is 9.53. The molecule has 0 aliphatic carbocycles. The number of thiazole rings is 1. The second kappa shape index (κ2) is 6.54. The number of piperidine rings is 1. The molecule has 5 nitrogen and oxygen atoms in total.